The molecule has 0 amide bonds. The molecule has 0 spiro atoms. The van der Waals surface area contributed by atoms with Crippen molar-refractivity contribution in [1.29, 1.82) is 0 Å². The Morgan fingerprint density at radius 1 is 1.54 bits per heavy atom. The summed E-state index contributed by atoms with van der Waals surface area (Å²) in [5.74, 6) is 0. The van der Waals surface area contributed by atoms with Gasteiger partial charge in [0.15, 0.2) is 0 Å². The van der Waals surface area contributed by atoms with Gasteiger partial charge in [-0.1, -0.05) is 0 Å². The molecule has 3 atom stereocenters. The normalized spacial score (nSPS) is 30.7. The van der Waals surface area contributed by atoms with Crippen molar-refractivity contribution in [2.45, 2.75) is 37.5 Å². The van der Waals surface area contributed by atoms with Crippen molar-refractivity contribution >= 4 is 0 Å². The van der Waals surface area contributed by atoms with Crippen LogP contribution < -0.4 is 5.32 Å². The van der Waals surface area contributed by atoms with Crippen LogP contribution in [0.15, 0.2) is 0 Å². The van der Waals surface area contributed by atoms with Crippen molar-refractivity contribution in [2.24, 2.45) is 0 Å². The first-order valence-electron chi connectivity index (χ1n) is 4.82. The highest BCUT2D eigenvalue weighted by molar-refractivity contribution is 4.85. The topological polar surface area (TPSA) is 61.7 Å². The van der Waals surface area contributed by atoms with Crippen molar-refractivity contribution in [3.05, 3.63) is 0 Å². The van der Waals surface area contributed by atoms with E-state index in [0.717, 1.165) is 19.3 Å². The maximum Gasteiger partial charge on any atom is 0.0693 e. The maximum atomic E-state index is 9.52. The molecule has 3 N–H and O–H groups in total. The summed E-state index contributed by atoms with van der Waals surface area (Å²) in [4.78, 5) is 0. The van der Waals surface area contributed by atoms with Crippen LogP contribution in [-0.2, 0) is 4.74 Å². The van der Waals surface area contributed by atoms with Gasteiger partial charge in [-0.05, 0) is 19.3 Å². The Balaban J connectivity index is 2.27. The van der Waals surface area contributed by atoms with Gasteiger partial charge >= 0.3 is 0 Å². The second-order valence-electron chi connectivity index (χ2n) is 3.61. The minimum absolute atomic E-state index is 0.0526. The van der Waals surface area contributed by atoms with Gasteiger partial charge in [0.05, 0.1) is 25.4 Å². The standard InChI is InChI=1S/C9H19NO3/c1-13-6-7(5-11)10-8-3-2-4-9(8)12/h7-12H,2-6H2,1H3/t7?,8-,9-/m0/s1. The summed E-state index contributed by atoms with van der Waals surface area (Å²) in [6, 6.07) is 0.0787. The first-order valence-corrected chi connectivity index (χ1v) is 4.82. The molecule has 1 rings (SSSR count). The monoisotopic (exact) mass is 189 g/mol. The van der Waals surface area contributed by atoms with E-state index >= 15 is 0 Å². The first-order chi connectivity index (χ1) is 6.27. The Kier molecular flexibility index (Phi) is 4.66. The Labute approximate surface area is 78.9 Å². The van der Waals surface area contributed by atoms with E-state index in [-0.39, 0.29) is 24.8 Å². The lowest BCUT2D eigenvalue weighted by atomic mass is 10.2. The van der Waals surface area contributed by atoms with E-state index in [1.807, 2.05) is 0 Å². The molecule has 78 valence electrons. The lowest BCUT2D eigenvalue weighted by Gasteiger charge is -2.22. The van der Waals surface area contributed by atoms with Crippen LogP contribution in [0.3, 0.4) is 0 Å². The van der Waals surface area contributed by atoms with E-state index in [9.17, 15) is 5.11 Å². The predicted octanol–water partition coefficient (Wildman–Crippen LogP) is -0.503. The fourth-order valence-corrected chi connectivity index (χ4v) is 1.79. The van der Waals surface area contributed by atoms with Crippen LogP contribution in [0, 0.1) is 0 Å². The van der Waals surface area contributed by atoms with E-state index in [1.165, 1.54) is 0 Å². The van der Waals surface area contributed by atoms with E-state index in [1.54, 1.807) is 7.11 Å². The zero-order valence-corrected chi connectivity index (χ0v) is 8.07. The molecule has 0 radical (unpaired) electrons. The second-order valence-corrected chi connectivity index (χ2v) is 3.61. The second kappa shape index (κ2) is 5.54. The van der Waals surface area contributed by atoms with Crippen LogP contribution in [0.2, 0.25) is 0 Å². The SMILES string of the molecule is COCC(CO)N[C@H]1CCC[C@@H]1O. The van der Waals surface area contributed by atoms with Crippen LogP contribution in [0.25, 0.3) is 0 Å². The highest BCUT2D eigenvalue weighted by Crippen LogP contribution is 2.19. The van der Waals surface area contributed by atoms with Gasteiger partial charge in [-0.3, -0.25) is 0 Å². The molecule has 1 saturated carbocycles. The summed E-state index contributed by atoms with van der Waals surface area (Å²) in [5.41, 5.74) is 0. The molecule has 0 saturated heterocycles. The third-order valence-electron chi connectivity index (χ3n) is 2.52. The average molecular weight is 189 g/mol. The minimum Gasteiger partial charge on any atom is -0.395 e. The Bertz CT molecular complexity index is 143. The van der Waals surface area contributed by atoms with Gasteiger partial charge in [0, 0.05) is 13.2 Å². The highest BCUT2D eigenvalue weighted by atomic mass is 16.5. The Hall–Kier alpha value is -0.160. The number of hydrogen-bond donors (Lipinski definition) is 3. The van der Waals surface area contributed by atoms with Crippen LogP contribution in [0.1, 0.15) is 19.3 Å². The number of ether oxygens (including phenoxy) is 1. The van der Waals surface area contributed by atoms with Crippen LogP contribution in [0.4, 0.5) is 0 Å². The summed E-state index contributed by atoms with van der Waals surface area (Å²) < 4.78 is 4.94. The van der Waals surface area contributed by atoms with E-state index in [2.05, 4.69) is 5.32 Å². The molecular weight excluding hydrogens is 170 g/mol. The number of aliphatic hydroxyl groups excluding tert-OH is 2. The van der Waals surface area contributed by atoms with Crippen molar-refractivity contribution < 1.29 is 14.9 Å². The molecule has 0 aromatic carbocycles. The molecule has 1 unspecified atom stereocenters. The van der Waals surface area contributed by atoms with E-state index in [0.29, 0.717) is 6.61 Å². The summed E-state index contributed by atoms with van der Waals surface area (Å²) in [6.07, 6.45) is 2.65. The maximum absolute atomic E-state index is 9.52. The van der Waals surface area contributed by atoms with Crippen LogP contribution in [-0.4, -0.2) is 48.7 Å². The number of aliphatic hydroxyl groups is 2. The van der Waals surface area contributed by atoms with Crippen molar-refractivity contribution in [1.82, 2.24) is 5.32 Å². The number of methoxy groups -OCH3 is 1. The molecule has 0 aliphatic heterocycles. The van der Waals surface area contributed by atoms with Crippen molar-refractivity contribution in [2.75, 3.05) is 20.3 Å². The first kappa shape index (κ1) is 10.9. The summed E-state index contributed by atoms with van der Waals surface area (Å²) >= 11 is 0. The van der Waals surface area contributed by atoms with E-state index < -0.39 is 0 Å². The molecule has 1 fully saturated rings. The molecule has 13 heavy (non-hydrogen) atoms. The van der Waals surface area contributed by atoms with Gasteiger partial charge in [0.2, 0.25) is 0 Å². The molecule has 4 heteroatoms. The minimum atomic E-state index is -0.258. The van der Waals surface area contributed by atoms with Crippen LogP contribution in [0.5, 0.6) is 0 Å². The summed E-state index contributed by atoms with van der Waals surface area (Å²) in [7, 11) is 1.61. The van der Waals surface area contributed by atoms with Crippen molar-refractivity contribution in [3.8, 4) is 0 Å². The number of nitrogens with one attached hydrogen (secondary N) is 1. The summed E-state index contributed by atoms with van der Waals surface area (Å²) in [5, 5.41) is 21.7. The van der Waals surface area contributed by atoms with Crippen LogP contribution >= 0.6 is 0 Å². The fraction of sp³-hybridized carbons (Fsp3) is 1.00. The number of rotatable bonds is 5. The molecule has 1 aliphatic carbocycles. The summed E-state index contributed by atoms with van der Waals surface area (Å²) in [6.45, 7) is 0.538. The van der Waals surface area contributed by atoms with Gasteiger partial charge in [-0.2, -0.15) is 0 Å². The quantitative estimate of drug-likeness (QED) is 0.545. The molecular formula is C9H19NO3. The van der Waals surface area contributed by atoms with Gasteiger partial charge in [0.1, 0.15) is 0 Å². The molecule has 0 aromatic heterocycles. The van der Waals surface area contributed by atoms with E-state index in [4.69, 9.17) is 9.84 Å². The largest absolute Gasteiger partial charge is 0.395 e. The van der Waals surface area contributed by atoms with Crippen molar-refractivity contribution in [3.63, 3.8) is 0 Å². The molecule has 0 bridgehead atoms. The lowest BCUT2D eigenvalue weighted by molar-refractivity contribution is 0.0950. The fourth-order valence-electron chi connectivity index (χ4n) is 1.79. The van der Waals surface area contributed by atoms with Gasteiger partial charge in [-0.15, -0.1) is 0 Å². The smallest absolute Gasteiger partial charge is 0.0693 e. The van der Waals surface area contributed by atoms with Gasteiger partial charge in [-0.25, -0.2) is 0 Å². The highest BCUT2D eigenvalue weighted by Gasteiger charge is 2.26. The molecule has 0 heterocycles. The van der Waals surface area contributed by atoms with Gasteiger partial charge in [0.25, 0.3) is 0 Å². The Morgan fingerprint density at radius 3 is 2.77 bits per heavy atom. The molecule has 0 aromatic rings. The Morgan fingerprint density at radius 2 is 2.31 bits per heavy atom. The number of hydrogen-bond acceptors (Lipinski definition) is 4. The van der Waals surface area contributed by atoms with Gasteiger partial charge < -0.3 is 20.3 Å². The predicted molar refractivity (Wildman–Crippen MR) is 49.5 cm³/mol. The molecule has 1 aliphatic rings. The zero-order chi connectivity index (χ0) is 9.68. The average Bonchev–Trinajstić information content (AvgIpc) is 2.51. The molecule has 4 nitrogen and oxygen atoms in total. The third-order valence-corrected chi connectivity index (χ3v) is 2.52. The zero-order valence-electron chi connectivity index (χ0n) is 8.07. The lowest BCUT2D eigenvalue weighted by Crippen LogP contribution is -2.46. The third kappa shape index (κ3) is 3.23.